The lowest BCUT2D eigenvalue weighted by Gasteiger charge is -2.30. The summed E-state index contributed by atoms with van der Waals surface area (Å²) in [4.78, 5) is 12.5. The first-order valence-corrected chi connectivity index (χ1v) is 13.5. The first-order chi connectivity index (χ1) is 16.2. The topological polar surface area (TPSA) is 95.9 Å². The average Bonchev–Trinajstić information content (AvgIpc) is 2.81. The fourth-order valence-electron chi connectivity index (χ4n) is 3.54. The molecule has 7 nitrogen and oxygen atoms in total. The summed E-state index contributed by atoms with van der Waals surface area (Å²) < 4.78 is 32.4. The third kappa shape index (κ3) is 9.83. The number of carbonyl (C=O) groups excluding carboxylic acids is 1. The summed E-state index contributed by atoms with van der Waals surface area (Å²) in [5.41, 5.74) is 1.77. The standard InChI is InChI=1S/C26H38N2O5S/c1-4-17-34(31,32)28(16-15-21(2)3)19-25(29)24(18-22-11-7-5-8-12-22)27-26(30)33-20-23-13-9-6-10-14-23/h5-14,21,24-25,29H,4,15-20H2,1-3H3,(H,27,30)/t24?,25-/m1/s1. The second kappa shape index (κ2) is 14.1. The van der Waals surface area contributed by atoms with Crippen LogP contribution in [0.15, 0.2) is 60.7 Å². The van der Waals surface area contributed by atoms with E-state index in [2.05, 4.69) is 5.32 Å². The van der Waals surface area contributed by atoms with E-state index in [4.69, 9.17) is 4.74 Å². The van der Waals surface area contributed by atoms with Gasteiger partial charge in [0.15, 0.2) is 0 Å². The predicted molar refractivity (Wildman–Crippen MR) is 135 cm³/mol. The van der Waals surface area contributed by atoms with Crippen molar-refractivity contribution in [2.45, 2.75) is 58.8 Å². The number of carbonyl (C=O) groups is 1. The van der Waals surface area contributed by atoms with Crippen molar-refractivity contribution < 1.29 is 23.1 Å². The quantitative estimate of drug-likeness (QED) is 0.418. The molecule has 0 fully saturated rings. The first-order valence-electron chi connectivity index (χ1n) is 11.9. The Balaban J connectivity index is 2.13. The Hall–Kier alpha value is -2.42. The predicted octanol–water partition coefficient (Wildman–Crippen LogP) is 3.97. The molecule has 1 unspecified atom stereocenters. The number of amides is 1. The molecule has 188 valence electrons. The molecule has 2 atom stereocenters. The highest BCUT2D eigenvalue weighted by atomic mass is 32.2. The van der Waals surface area contributed by atoms with Gasteiger partial charge in [0.25, 0.3) is 0 Å². The summed E-state index contributed by atoms with van der Waals surface area (Å²) in [7, 11) is -3.51. The van der Waals surface area contributed by atoms with Gasteiger partial charge in [-0.1, -0.05) is 81.4 Å². The molecule has 0 heterocycles. The van der Waals surface area contributed by atoms with Gasteiger partial charge < -0.3 is 15.2 Å². The normalized spacial score (nSPS) is 13.6. The van der Waals surface area contributed by atoms with Gasteiger partial charge in [-0.2, -0.15) is 4.31 Å². The molecule has 0 bridgehead atoms. The van der Waals surface area contributed by atoms with Crippen LogP contribution in [0.3, 0.4) is 0 Å². The van der Waals surface area contributed by atoms with Crippen LogP contribution in [0, 0.1) is 5.92 Å². The van der Waals surface area contributed by atoms with Crippen LogP contribution in [-0.2, 0) is 27.8 Å². The maximum Gasteiger partial charge on any atom is 0.407 e. The molecule has 2 aromatic rings. The minimum Gasteiger partial charge on any atom is -0.445 e. The van der Waals surface area contributed by atoms with E-state index in [1.54, 1.807) is 0 Å². The lowest BCUT2D eigenvalue weighted by Crippen LogP contribution is -2.51. The van der Waals surface area contributed by atoms with Crippen LogP contribution < -0.4 is 5.32 Å². The van der Waals surface area contributed by atoms with E-state index in [1.165, 1.54) is 4.31 Å². The Kier molecular flexibility index (Phi) is 11.5. The van der Waals surface area contributed by atoms with Crippen molar-refractivity contribution in [3.05, 3.63) is 71.8 Å². The number of nitrogens with zero attached hydrogens (tertiary/aromatic N) is 1. The Morgan fingerprint density at radius 2 is 1.62 bits per heavy atom. The minimum atomic E-state index is -3.51. The van der Waals surface area contributed by atoms with Crippen molar-refractivity contribution >= 4 is 16.1 Å². The number of ether oxygens (including phenoxy) is 1. The summed E-state index contributed by atoms with van der Waals surface area (Å²) in [6, 6.07) is 18.1. The van der Waals surface area contributed by atoms with E-state index in [9.17, 15) is 18.3 Å². The van der Waals surface area contributed by atoms with Gasteiger partial charge >= 0.3 is 6.09 Å². The van der Waals surface area contributed by atoms with Crippen LogP contribution in [0.2, 0.25) is 0 Å². The molecule has 1 amide bonds. The maximum absolute atomic E-state index is 12.8. The largest absolute Gasteiger partial charge is 0.445 e. The number of nitrogens with one attached hydrogen (secondary N) is 1. The Morgan fingerprint density at radius 1 is 1.03 bits per heavy atom. The maximum atomic E-state index is 12.8. The fourth-order valence-corrected chi connectivity index (χ4v) is 5.07. The molecule has 0 radical (unpaired) electrons. The van der Waals surface area contributed by atoms with Crippen LogP contribution >= 0.6 is 0 Å². The number of hydrogen-bond acceptors (Lipinski definition) is 5. The molecular weight excluding hydrogens is 452 g/mol. The van der Waals surface area contributed by atoms with Gasteiger partial charge in [0.2, 0.25) is 10.0 Å². The highest BCUT2D eigenvalue weighted by Crippen LogP contribution is 2.14. The van der Waals surface area contributed by atoms with Crippen molar-refractivity contribution in [3.8, 4) is 0 Å². The number of aliphatic hydroxyl groups excluding tert-OH is 1. The molecule has 0 saturated heterocycles. The summed E-state index contributed by atoms with van der Waals surface area (Å²) in [6.07, 6.45) is -0.245. The van der Waals surface area contributed by atoms with Crippen molar-refractivity contribution in [1.82, 2.24) is 9.62 Å². The molecule has 0 aromatic heterocycles. The number of rotatable bonds is 14. The van der Waals surface area contributed by atoms with Gasteiger partial charge in [-0.25, -0.2) is 13.2 Å². The molecule has 2 rings (SSSR count). The number of alkyl carbamates (subject to hydrolysis) is 1. The zero-order chi connectivity index (χ0) is 25.0. The highest BCUT2D eigenvalue weighted by Gasteiger charge is 2.29. The molecule has 0 saturated carbocycles. The third-order valence-corrected chi connectivity index (χ3v) is 7.52. The molecule has 0 aliphatic carbocycles. The smallest absolute Gasteiger partial charge is 0.407 e. The second-order valence-corrected chi connectivity index (χ2v) is 11.0. The zero-order valence-electron chi connectivity index (χ0n) is 20.4. The summed E-state index contributed by atoms with van der Waals surface area (Å²) in [5.74, 6) is 0.343. The van der Waals surface area contributed by atoms with Crippen molar-refractivity contribution in [3.63, 3.8) is 0 Å². The molecule has 0 aliphatic heterocycles. The third-order valence-electron chi connectivity index (χ3n) is 5.48. The van der Waals surface area contributed by atoms with Crippen LogP contribution in [0.5, 0.6) is 0 Å². The van der Waals surface area contributed by atoms with E-state index in [-0.39, 0.29) is 18.9 Å². The Morgan fingerprint density at radius 3 is 2.18 bits per heavy atom. The van der Waals surface area contributed by atoms with E-state index in [0.29, 0.717) is 31.7 Å². The number of hydrogen-bond donors (Lipinski definition) is 2. The van der Waals surface area contributed by atoms with Gasteiger partial charge in [-0.05, 0) is 36.3 Å². The van der Waals surface area contributed by atoms with Crippen molar-refractivity contribution in [2.75, 3.05) is 18.8 Å². The highest BCUT2D eigenvalue weighted by molar-refractivity contribution is 7.89. The second-order valence-electron chi connectivity index (χ2n) is 8.93. The average molecular weight is 491 g/mol. The Labute approximate surface area is 204 Å². The summed E-state index contributed by atoms with van der Waals surface area (Å²) in [5, 5.41) is 13.9. The van der Waals surface area contributed by atoms with Crippen LogP contribution in [0.1, 0.15) is 44.7 Å². The fraction of sp³-hybridized carbons (Fsp3) is 0.500. The molecule has 0 aliphatic rings. The summed E-state index contributed by atoms with van der Waals surface area (Å²) >= 11 is 0. The lowest BCUT2D eigenvalue weighted by atomic mass is 10.0. The first kappa shape index (κ1) is 27.8. The number of sulfonamides is 1. The van der Waals surface area contributed by atoms with Crippen molar-refractivity contribution in [1.29, 1.82) is 0 Å². The van der Waals surface area contributed by atoms with E-state index >= 15 is 0 Å². The van der Waals surface area contributed by atoms with Crippen molar-refractivity contribution in [2.24, 2.45) is 5.92 Å². The molecule has 2 N–H and O–H groups in total. The van der Waals surface area contributed by atoms with Crippen LogP contribution in [-0.4, -0.2) is 54.9 Å². The molecule has 8 heteroatoms. The SMILES string of the molecule is CCCS(=O)(=O)N(CCC(C)C)C[C@@H](O)C(Cc1ccccc1)NC(=O)OCc1ccccc1. The number of benzene rings is 2. The monoisotopic (exact) mass is 490 g/mol. The lowest BCUT2D eigenvalue weighted by molar-refractivity contribution is 0.0883. The zero-order valence-corrected chi connectivity index (χ0v) is 21.2. The Bertz CT molecular complexity index is 952. The van der Waals surface area contributed by atoms with Gasteiger partial charge in [0.1, 0.15) is 6.61 Å². The van der Waals surface area contributed by atoms with E-state index < -0.39 is 28.3 Å². The number of aliphatic hydroxyl groups is 1. The van der Waals surface area contributed by atoms with Gasteiger partial charge in [0, 0.05) is 13.1 Å². The van der Waals surface area contributed by atoms with Gasteiger partial charge in [-0.15, -0.1) is 0 Å². The van der Waals surface area contributed by atoms with E-state index in [0.717, 1.165) is 11.1 Å². The van der Waals surface area contributed by atoms with E-state index in [1.807, 2.05) is 81.4 Å². The molecular formula is C26H38N2O5S. The van der Waals surface area contributed by atoms with Crippen LogP contribution in [0.25, 0.3) is 0 Å². The van der Waals surface area contributed by atoms with Gasteiger partial charge in [-0.3, -0.25) is 0 Å². The molecule has 2 aromatic carbocycles. The molecule has 34 heavy (non-hydrogen) atoms. The minimum absolute atomic E-state index is 0.0215. The van der Waals surface area contributed by atoms with Gasteiger partial charge in [0.05, 0.1) is 17.9 Å². The van der Waals surface area contributed by atoms with Crippen LogP contribution in [0.4, 0.5) is 4.79 Å². The summed E-state index contributed by atoms with van der Waals surface area (Å²) in [6.45, 7) is 6.22. The molecule has 0 spiro atoms.